The van der Waals surface area contributed by atoms with Crippen molar-refractivity contribution in [1.29, 1.82) is 0 Å². The van der Waals surface area contributed by atoms with Crippen molar-refractivity contribution in [2.45, 2.75) is 84.5 Å². The Labute approximate surface area is 217 Å². The third-order valence-corrected chi connectivity index (χ3v) is 7.64. The summed E-state index contributed by atoms with van der Waals surface area (Å²) in [6.07, 6.45) is 2.25. The van der Waals surface area contributed by atoms with Crippen LogP contribution in [0, 0.1) is 11.8 Å². The Kier molecular flexibility index (Phi) is 10.8. The van der Waals surface area contributed by atoms with Crippen LogP contribution in [0.25, 0.3) is 0 Å². The van der Waals surface area contributed by atoms with Crippen molar-refractivity contribution < 1.29 is 29.0 Å². The van der Waals surface area contributed by atoms with Gasteiger partial charge in [-0.25, -0.2) is 9.78 Å². The van der Waals surface area contributed by atoms with E-state index in [4.69, 9.17) is 4.74 Å². The van der Waals surface area contributed by atoms with E-state index in [1.165, 1.54) is 12.3 Å². The summed E-state index contributed by atoms with van der Waals surface area (Å²) in [6.45, 7) is 9.86. The number of carboxylic acids is 1. The number of rotatable bonds is 11. The second-order valence-corrected chi connectivity index (χ2v) is 11.1. The predicted octanol–water partition coefficient (Wildman–Crippen LogP) is 2.94. The Morgan fingerprint density at radius 1 is 1.22 bits per heavy atom. The number of aromatic nitrogens is 1. The van der Waals surface area contributed by atoms with E-state index < -0.39 is 24.1 Å². The Morgan fingerprint density at radius 2 is 1.89 bits per heavy atom. The van der Waals surface area contributed by atoms with Crippen molar-refractivity contribution in [3.8, 4) is 0 Å². The fourth-order valence-electron chi connectivity index (χ4n) is 4.58. The van der Waals surface area contributed by atoms with Crippen LogP contribution < -0.4 is 5.32 Å². The first-order valence-corrected chi connectivity index (χ1v) is 13.3. The molecule has 10 nitrogen and oxygen atoms in total. The maximum atomic E-state index is 13.7. The number of ether oxygens (including phenoxy) is 1. The Bertz CT molecular complexity index is 933. The van der Waals surface area contributed by atoms with Crippen LogP contribution in [0.1, 0.15) is 81.9 Å². The summed E-state index contributed by atoms with van der Waals surface area (Å²) in [5.41, 5.74) is -0.118. The zero-order valence-electron chi connectivity index (χ0n) is 22.3. The zero-order chi connectivity index (χ0) is 27.2. The van der Waals surface area contributed by atoms with Crippen LogP contribution in [0.15, 0.2) is 5.38 Å². The number of aromatic carboxylic acids is 1. The van der Waals surface area contributed by atoms with Gasteiger partial charge in [-0.3, -0.25) is 19.3 Å². The Hall–Kier alpha value is -2.53. The molecule has 0 radical (unpaired) electrons. The van der Waals surface area contributed by atoms with Gasteiger partial charge in [0.05, 0.1) is 6.04 Å². The minimum Gasteiger partial charge on any atom is -0.476 e. The van der Waals surface area contributed by atoms with E-state index in [-0.39, 0.29) is 47.8 Å². The molecule has 2 N–H and O–H groups in total. The number of nitrogens with zero attached hydrogens (tertiary/aromatic N) is 3. The third-order valence-electron chi connectivity index (χ3n) is 6.70. The van der Waals surface area contributed by atoms with Crippen LogP contribution >= 0.6 is 11.3 Å². The Morgan fingerprint density at radius 3 is 2.39 bits per heavy atom. The second-order valence-electron chi connectivity index (χ2n) is 10.2. The average molecular weight is 525 g/mol. The van der Waals surface area contributed by atoms with E-state index in [0.29, 0.717) is 5.01 Å². The number of piperidine rings is 1. The molecule has 1 aromatic rings. The molecule has 1 aromatic heterocycles. The van der Waals surface area contributed by atoms with Gasteiger partial charge in [-0.2, -0.15) is 0 Å². The third kappa shape index (κ3) is 7.73. The quantitative estimate of drug-likeness (QED) is 0.423. The minimum atomic E-state index is -1.16. The lowest BCUT2D eigenvalue weighted by molar-refractivity contribution is -0.149. The average Bonchev–Trinajstić information content (AvgIpc) is 3.29. The molecule has 0 aromatic carbocycles. The highest BCUT2D eigenvalue weighted by Gasteiger charge is 2.36. The maximum Gasteiger partial charge on any atom is 0.355 e. The molecule has 1 aliphatic rings. The number of carbonyl (C=O) groups is 4. The van der Waals surface area contributed by atoms with Crippen molar-refractivity contribution in [3.63, 3.8) is 0 Å². The number of amides is 2. The van der Waals surface area contributed by atoms with Crippen molar-refractivity contribution in [3.05, 3.63) is 16.1 Å². The number of thiazole rings is 1. The lowest BCUT2D eigenvalue weighted by Gasteiger charge is -2.37. The van der Waals surface area contributed by atoms with Crippen LogP contribution in [0.4, 0.5) is 0 Å². The summed E-state index contributed by atoms with van der Waals surface area (Å²) in [7, 11) is 3.62. The maximum absolute atomic E-state index is 13.7. The predicted molar refractivity (Wildman–Crippen MR) is 137 cm³/mol. The first-order valence-electron chi connectivity index (χ1n) is 12.5. The molecule has 0 aliphatic carbocycles. The van der Waals surface area contributed by atoms with Gasteiger partial charge in [0.2, 0.25) is 11.8 Å². The molecular weight excluding hydrogens is 484 g/mol. The number of esters is 1. The normalized spacial score (nSPS) is 19.0. The van der Waals surface area contributed by atoms with E-state index in [2.05, 4.69) is 10.3 Å². The summed E-state index contributed by atoms with van der Waals surface area (Å²) in [6, 6.07) is -1.31. The SMILES string of the molecule is CC(=O)O[C@H](C[C@H](C(C)C)N(C)C(=O)[C@@H](NC(=O)[C@H]1CCCCN1C)C(C)C)c1nc(C(=O)O)cs1. The van der Waals surface area contributed by atoms with E-state index >= 15 is 0 Å². The first kappa shape index (κ1) is 29.7. The lowest BCUT2D eigenvalue weighted by atomic mass is 9.94. The van der Waals surface area contributed by atoms with Crippen molar-refractivity contribution in [2.24, 2.45) is 11.8 Å². The second kappa shape index (κ2) is 13.1. The van der Waals surface area contributed by atoms with Crippen LogP contribution in [0.5, 0.6) is 0 Å². The molecule has 1 fully saturated rings. The van der Waals surface area contributed by atoms with E-state index in [1.54, 1.807) is 11.9 Å². The molecule has 36 heavy (non-hydrogen) atoms. The first-order chi connectivity index (χ1) is 16.8. The van der Waals surface area contributed by atoms with Gasteiger partial charge in [-0.15, -0.1) is 11.3 Å². The van der Waals surface area contributed by atoms with Gasteiger partial charge >= 0.3 is 11.9 Å². The number of hydrogen-bond donors (Lipinski definition) is 2. The lowest BCUT2D eigenvalue weighted by Crippen LogP contribution is -2.57. The van der Waals surface area contributed by atoms with E-state index in [0.717, 1.165) is 37.1 Å². The molecule has 0 saturated carbocycles. The molecule has 0 bridgehead atoms. The summed E-state index contributed by atoms with van der Waals surface area (Å²) < 4.78 is 5.51. The molecule has 0 unspecified atom stereocenters. The summed E-state index contributed by atoms with van der Waals surface area (Å²) in [4.78, 5) is 57.6. The molecule has 202 valence electrons. The van der Waals surface area contributed by atoms with Gasteiger partial charge in [0.25, 0.3) is 0 Å². The van der Waals surface area contributed by atoms with Crippen LogP contribution in [0.2, 0.25) is 0 Å². The van der Waals surface area contributed by atoms with Gasteiger partial charge in [0.1, 0.15) is 11.0 Å². The highest BCUT2D eigenvalue weighted by molar-refractivity contribution is 7.09. The number of nitrogens with one attached hydrogen (secondary N) is 1. The molecule has 0 spiro atoms. The molecule has 11 heteroatoms. The fourth-order valence-corrected chi connectivity index (χ4v) is 5.42. The topological polar surface area (TPSA) is 129 Å². The summed E-state index contributed by atoms with van der Waals surface area (Å²) in [5, 5.41) is 14.0. The fraction of sp³-hybridized carbons (Fsp3) is 0.720. The largest absolute Gasteiger partial charge is 0.476 e. The molecule has 1 aliphatic heterocycles. The van der Waals surface area contributed by atoms with Crippen molar-refractivity contribution in [1.82, 2.24) is 20.1 Å². The number of hydrogen-bond acceptors (Lipinski definition) is 8. The molecule has 4 atom stereocenters. The highest BCUT2D eigenvalue weighted by Crippen LogP contribution is 2.30. The molecule has 1 saturated heterocycles. The molecule has 2 amide bonds. The van der Waals surface area contributed by atoms with Gasteiger partial charge < -0.3 is 20.1 Å². The summed E-state index contributed by atoms with van der Waals surface area (Å²) in [5.74, 6) is -2.18. The van der Waals surface area contributed by atoms with E-state index in [9.17, 15) is 24.3 Å². The number of carbonyl (C=O) groups excluding carboxylic acids is 3. The van der Waals surface area contributed by atoms with Crippen LogP contribution in [0.3, 0.4) is 0 Å². The van der Waals surface area contributed by atoms with Crippen molar-refractivity contribution in [2.75, 3.05) is 20.6 Å². The molecule has 2 heterocycles. The van der Waals surface area contributed by atoms with Crippen LogP contribution in [-0.4, -0.2) is 82.4 Å². The number of likely N-dealkylation sites (N-methyl/N-ethyl adjacent to an activating group) is 2. The van der Waals surface area contributed by atoms with Gasteiger partial charge in [0.15, 0.2) is 11.8 Å². The number of carboxylic acid groups (broad SMARTS) is 1. The monoisotopic (exact) mass is 524 g/mol. The zero-order valence-corrected chi connectivity index (χ0v) is 23.1. The highest BCUT2D eigenvalue weighted by atomic mass is 32.1. The van der Waals surface area contributed by atoms with Crippen molar-refractivity contribution >= 4 is 35.1 Å². The number of likely N-dealkylation sites (tertiary alicyclic amines) is 1. The van der Waals surface area contributed by atoms with Gasteiger partial charge in [-0.1, -0.05) is 34.1 Å². The van der Waals surface area contributed by atoms with Gasteiger partial charge in [-0.05, 0) is 38.3 Å². The van der Waals surface area contributed by atoms with E-state index in [1.807, 2.05) is 39.6 Å². The van der Waals surface area contributed by atoms with Gasteiger partial charge in [0, 0.05) is 31.8 Å². The summed E-state index contributed by atoms with van der Waals surface area (Å²) >= 11 is 1.10. The molecule has 2 rings (SSSR count). The standard InChI is InChI=1S/C25H40N4O6S/c1-14(2)19(12-20(35-16(5)30)23-26-17(13-36-23)25(33)34)29(7)24(32)21(15(3)4)27-22(31)18-10-8-9-11-28(18)6/h13-15,18-21H,8-12H2,1-7H3,(H,27,31)(H,33,34)/t18-,19-,20-,21+/m1/s1. The minimum absolute atomic E-state index is 0.0103. The Balaban J connectivity index is 2.23. The molecular formula is C25H40N4O6S. The smallest absolute Gasteiger partial charge is 0.355 e. The van der Waals surface area contributed by atoms with Crippen LogP contribution in [-0.2, 0) is 19.1 Å².